The quantitative estimate of drug-likeness (QED) is 0.499. The van der Waals surface area contributed by atoms with Crippen molar-refractivity contribution >= 4 is 22.5 Å². The maximum atomic E-state index is 13.2. The number of benzene rings is 3. The first-order valence-corrected chi connectivity index (χ1v) is 9.31. The van der Waals surface area contributed by atoms with Crippen LogP contribution in [0.4, 0.5) is 4.39 Å². The van der Waals surface area contributed by atoms with Crippen LogP contribution in [0.25, 0.3) is 16.6 Å². The molecule has 0 spiro atoms. The third-order valence-corrected chi connectivity index (χ3v) is 4.91. The van der Waals surface area contributed by atoms with E-state index >= 15 is 0 Å². The van der Waals surface area contributed by atoms with E-state index in [-0.39, 0.29) is 18.0 Å². The van der Waals surface area contributed by atoms with Gasteiger partial charge in [-0.15, -0.1) is 0 Å². The number of nitrogens with zero attached hydrogens (tertiary/aromatic N) is 2. The second kappa shape index (κ2) is 7.62. The van der Waals surface area contributed by atoms with Gasteiger partial charge in [0.15, 0.2) is 0 Å². The van der Waals surface area contributed by atoms with E-state index < -0.39 is 0 Å². The average Bonchev–Trinajstić information content (AvgIpc) is 3.10. The number of hydrogen-bond acceptors (Lipinski definition) is 3. The maximum Gasteiger partial charge on any atom is 0.140 e. The molecule has 4 nitrogen and oxygen atoms in total. The highest BCUT2D eigenvalue weighted by atomic mass is 35.5. The molecule has 6 heteroatoms. The lowest BCUT2D eigenvalue weighted by Gasteiger charge is -2.24. The highest BCUT2D eigenvalue weighted by Crippen LogP contribution is 2.31. The predicted molar refractivity (Wildman–Crippen MR) is 109 cm³/mol. The summed E-state index contributed by atoms with van der Waals surface area (Å²) in [5.74, 6) is 0.394. The molecule has 4 aromatic rings. The van der Waals surface area contributed by atoms with Crippen molar-refractivity contribution in [2.24, 2.45) is 5.73 Å². The largest absolute Gasteiger partial charge is 0.484 e. The van der Waals surface area contributed by atoms with E-state index in [1.165, 1.54) is 12.1 Å². The van der Waals surface area contributed by atoms with E-state index in [1.54, 1.807) is 23.0 Å². The van der Waals surface area contributed by atoms with Crippen molar-refractivity contribution in [3.8, 4) is 11.4 Å². The fraction of sp³-hybridized carbons (Fsp3) is 0.136. The maximum absolute atomic E-state index is 13.2. The summed E-state index contributed by atoms with van der Waals surface area (Å²) in [7, 11) is 0. The molecule has 0 fully saturated rings. The van der Waals surface area contributed by atoms with Gasteiger partial charge in [-0.2, -0.15) is 5.10 Å². The Balaban J connectivity index is 1.66. The Morgan fingerprint density at radius 1 is 1.07 bits per heavy atom. The van der Waals surface area contributed by atoms with Crippen LogP contribution in [-0.4, -0.2) is 15.8 Å². The standard InChI is InChI=1S/C22H19ClFN3O/c1-14(25)22(19-4-2-3-5-20(19)23)28-18-10-11-21-15(12-18)13-26-27(21)17-8-6-16(24)7-9-17/h2-14,22H,25H2,1H3/t14-,22-/m0/s1. The van der Waals surface area contributed by atoms with Gasteiger partial charge in [-0.05, 0) is 55.5 Å². The van der Waals surface area contributed by atoms with E-state index in [9.17, 15) is 4.39 Å². The molecule has 0 aliphatic rings. The van der Waals surface area contributed by atoms with Crippen LogP contribution in [0.5, 0.6) is 5.75 Å². The van der Waals surface area contributed by atoms with E-state index in [2.05, 4.69) is 5.10 Å². The van der Waals surface area contributed by atoms with Crippen molar-refractivity contribution in [2.75, 3.05) is 0 Å². The molecule has 1 heterocycles. The first-order valence-electron chi connectivity index (χ1n) is 8.93. The molecule has 0 aliphatic heterocycles. The Bertz CT molecular complexity index is 1110. The van der Waals surface area contributed by atoms with Crippen LogP contribution in [0, 0.1) is 5.82 Å². The minimum Gasteiger partial charge on any atom is -0.484 e. The SMILES string of the molecule is C[C@H](N)[C@H](Oc1ccc2c(cnn2-c2ccc(F)cc2)c1)c1ccccc1Cl. The van der Waals surface area contributed by atoms with E-state index in [0.717, 1.165) is 22.2 Å². The van der Waals surface area contributed by atoms with Crippen molar-refractivity contribution in [1.29, 1.82) is 0 Å². The normalized spacial score (nSPS) is 13.4. The molecule has 0 unspecified atom stereocenters. The number of aromatic nitrogens is 2. The van der Waals surface area contributed by atoms with Gasteiger partial charge in [0, 0.05) is 22.0 Å². The summed E-state index contributed by atoms with van der Waals surface area (Å²) in [4.78, 5) is 0. The first-order chi connectivity index (χ1) is 13.5. The molecule has 1 aromatic heterocycles. The smallest absolute Gasteiger partial charge is 0.140 e. The number of halogens is 2. The van der Waals surface area contributed by atoms with Crippen LogP contribution in [0.3, 0.4) is 0 Å². The summed E-state index contributed by atoms with van der Waals surface area (Å²) in [6.07, 6.45) is 1.38. The predicted octanol–water partition coefficient (Wildman–Crippen LogP) is 5.29. The van der Waals surface area contributed by atoms with Crippen LogP contribution in [0.2, 0.25) is 5.02 Å². The number of hydrogen-bond donors (Lipinski definition) is 1. The van der Waals surface area contributed by atoms with E-state index in [4.69, 9.17) is 22.1 Å². The van der Waals surface area contributed by atoms with Gasteiger partial charge in [0.1, 0.15) is 17.7 Å². The summed E-state index contributed by atoms with van der Waals surface area (Å²) in [6.45, 7) is 1.89. The highest BCUT2D eigenvalue weighted by Gasteiger charge is 2.21. The van der Waals surface area contributed by atoms with E-state index in [0.29, 0.717) is 10.8 Å². The Hall–Kier alpha value is -2.89. The van der Waals surface area contributed by atoms with Gasteiger partial charge in [-0.25, -0.2) is 9.07 Å². The van der Waals surface area contributed by atoms with Gasteiger partial charge in [0.2, 0.25) is 0 Å². The average molecular weight is 396 g/mol. The molecule has 2 N–H and O–H groups in total. The number of rotatable bonds is 5. The summed E-state index contributed by atoms with van der Waals surface area (Å²) < 4.78 is 21.1. The third kappa shape index (κ3) is 3.59. The topological polar surface area (TPSA) is 53.1 Å². The lowest BCUT2D eigenvalue weighted by atomic mass is 10.0. The van der Waals surface area contributed by atoms with Crippen molar-refractivity contribution in [3.05, 3.63) is 89.3 Å². The summed E-state index contributed by atoms with van der Waals surface area (Å²) in [5.41, 5.74) is 8.69. The molecule has 0 radical (unpaired) electrons. The zero-order valence-corrected chi connectivity index (χ0v) is 16.0. The van der Waals surface area contributed by atoms with Gasteiger partial charge in [0.25, 0.3) is 0 Å². The van der Waals surface area contributed by atoms with Crippen LogP contribution < -0.4 is 10.5 Å². The van der Waals surface area contributed by atoms with Crippen molar-refractivity contribution in [3.63, 3.8) is 0 Å². The molecule has 0 bridgehead atoms. The summed E-state index contributed by atoms with van der Waals surface area (Å²) >= 11 is 6.33. The number of ether oxygens (including phenoxy) is 1. The third-order valence-electron chi connectivity index (χ3n) is 4.56. The molecular formula is C22H19ClFN3O. The molecule has 4 rings (SSSR count). The Labute approximate surface area is 167 Å². The Morgan fingerprint density at radius 3 is 2.54 bits per heavy atom. The monoisotopic (exact) mass is 395 g/mol. The zero-order chi connectivity index (χ0) is 19.7. The van der Waals surface area contributed by atoms with Gasteiger partial charge < -0.3 is 10.5 Å². The molecule has 0 saturated carbocycles. The first kappa shape index (κ1) is 18.5. The number of nitrogens with two attached hydrogens (primary N) is 1. The Morgan fingerprint density at radius 2 is 1.82 bits per heavy atom. The van der Waals surface area contributed by atoms with Crippen LogP contribution >= 0.6 is 11.6 Å². The van der Waals surface area contributed by atoms with Crippen molar-refractivity contribution in [1.82, 2.24) is 9.78 Å². The van der Waals surface area contributed by atoms with Crippen molar-refractivity contribution in [2.45, 2.75) is 19.1 Å². The van der Waals surface area contributed by atoms with Gasteiger partial charge >= 0.3 is 0 Å². The highest BCUT2D eigenvalue weighted by molar-refractivity contribution is 6.31. The van der Waals surface area contributed by atoms with Gasteiger partial charge in [-0.1, -0.05) is 29.8 Å². The van der Waals surface area contributed by atoms with Crippen LogP contribution in [-0.2, 0) is 0 Å². The minimum absolute atomic E-state index is 0.252. The molecule has 0 saturated heterocycles. The van der Waals surface area contributed by atoms with E-state index in [1.807, 2.05) is 49.4 Å². The second-order valence-corrected chi connectivity index (χ2v) is 7.08. The second-order valence-electron chi connectivity index (χ2n) is 6.67. The molecular weight excluding hydrogens is 377 g/mol. The molecule has 3 aromatic carbocycles. The number of fused-ring (bicyclic) bond motifs is 1. The molecule has 0 amide bonds. The fourth-order valence-electron chi connectivity index (χ4n) is 3.18. The lowest BCUT2D eigenvalue weighted by Crippen LogP contribution is -2.29. The summed E-state index contributed by atoms with van der Waals surface area (Å²) in [6, 6.07) is 19.2. The molecule has 2 atom stereocenters. The zero-order valence-electron chi connectivity index (χ0n) is 15.2. The minimum atomic E-state index is -0.377. The summed E-state index contributed by atoms with van der Waals surface area (Å²) in [5, 5.41) is 5.94. The molecule has 142 valence electrons. The molecule has 28 heavy (non-hydrogen) atoms. The lowest BCUT2D eigenvalue weighted by molar-refractivity contribution is 0.181. The Kier molecular flexibility index (Phi) is 5.03. The molecule has 0 aliphatic carbocycles. The van der Waals surface area contributed by atoms with Crippen molar-refractivity contribution < 1.29 is 9.13 Å². The van der Waals surface area contributed by atoms with Crippen LogP contribution in [0.15, 0.2) is 72.9 Å². The van der Waals surface area contributed by atoms with Gasteiger partial charge in [0.05, 0.1) is 17.4 Å². The van der Waals surface area contributed by atoms with Gasteiger partial charge in [-0.3, -0.25) is 0 Å². The fourth-order valence-corrected chi connectivity index (χ4v) is 3.42. The van der Waals surface area contributed by atoms with Crippen LogP contribution in [0.1, 0.15) is 18.6 Å².